The van der Waals surface area contributed by atoms with Gasteiger partial charge in [0.1, 0.15) is 0 Å². The third kappa shape index (κ3) is 11.8. The second kappa shape index (κ2) is 12.7. The van der Waals surface area contributed by atoms with E-state index in [4.69, 9.17) is 10.2 Å². The van der Waals surface area contributed by atoms with Crippen LogP contribution in [0, 0.1) is 5.92 Å². The summed E-state index contributed by atoms with van der Waals surface area (Å²) in [6.07, 6.45) is -1.81. The molecule has 0 aromatic rings. The summed E-state index contributed by atoms with van der Waals surface area (Å²) in [4.78, 5) is 64.5. The Morgan fingerprint density at radius 1 is 0.818 bits per heavy atom. The molecule has 0 aliphatic carbocycles. The molecule has 22 heavy (non-hydrogen) atoms. The fourth-order valence-electron chi connectivity index (χ4n) is 1.05. The van der Waals surface area contributed by atoms with Gasteiger partial charge in [-0.05, 0) is 0 Å². The van der Waals surface area contributed by atoms with Gasteiger partial charge in [0.05, 0.1) is 18.8 Å². The van der Waals surface area contributed by atoms with E-state index >= 15 is 0 Å². The van der Waals surface area contributed by atoms with E-state index in [0.29, 0.717) is 0 Å². The summed E-state index contributed by atoms with van der Waals surface area (Å²) in [5.41, 5.74) is 0. The van der Waals surface area contributed by atoms with Crippen LogP contribution < -0.4 is 0 Å². The third-order valence-electron chi connectivity index (χ3n) is 1.77. The van der Waals surface area contributed by atoms with Crippen molar-refractivity contribution < 1.29 is 48.5 Å². The quantitative estimate of drug-likeness (QED) is 0.235. The standard InChI is InChI=1S/C10H10O10.2Na.2H/c1-4(11)19-9(17)10(18)20-8(16)5(2-6(12)13)3-7(14)15;;;;/h5H,2-3H2,1H3,(H,12,13)(H,14,15);;;;. The Bertz CT molecular complexity index is 456. The second-order valence-electron chi connectivity index (χ2n) is 3.48. The van der Waals surface area contributed by atoms with Gasteiger partial charge in [0.25, 0.3) is 0 Å². The number of carboxylic acids is 2. The van der Waals surface area contributed by atoms with Crippen molar-refractivity contribution >= 4 is 94.9 Å². The summed E-state index contributed by atoms with van der Waals surface area (Å²) in [6, 6.07) is 0. The average Bonchev–Trinajstić information content (AvgIpc) is 2.25. The molecule has 0 aromatic heterocycles. The van der Waals surface area contributed by atoms with E-state index in [1.807, 2.05) is 0 Å². The van der Waals surface area contributed by atoms with Gasteiger partial charge in [-0.15, -0.1) is 0 Å². The van der Waals surface area contributed by atoms with E-state index in [0.717, 1.165) is 6.92 Å². The number of carboxylic acid groups (broad SMARTS) is 2. The van der Waals surface area contributed by atoms with Crippen LogP contribution in [0.1, 0.15) is 19.8 Å². The number of hydrogen-bond donors (Lipinski definition) is 2. The molecule has 0 heterocycles. The Morgan fingerprint density at radius 2 is 1.18 bits per heavy atom. The molecule has 0 saturated heterocycles. The topological polar surface area (TPSA) is 161 Å². The molecule has 10 nitrogen and oxygen atoms in total. The minimum absolute atomic E-state index is 0. The second-order valence-corrected chi connectivity index (χ2v) is 3.48. The monoisotopic (exact) mass is 338 g/mol. The number of hydrogen-bond acceptors (Lipinski definition) is 8. The van der Waals surface area contributed by atoms with E-state index < -0.39 is 54.6 Å². The SMILES string of the molecule is CC(=O)OC(=O)C(=O)OC(=O)C(CC(=O)O)CC(=O)O.[NaH].[NaH]. The van der Waals surface area contributed by atoms with Crippen molar-refractivity contribution in [1.29, 1.82) is 0 Å². The molecule has 0 aliphatic rings. The van der Waals surface area contributed by atoms with Crippen molar-refractivity contribution in [2.45, 2.75) is 19.8 Å². The Hall–Kier alpha value is -0.780. The molecule has 0 amide bonds. The molecule has 0 aromatic carbocycles. The van der Waals surface area contributed by atoms with Crippen LogP contribution in [0.25, 0.3) is 0 Å². The van der Waals surface area contributed by atoms with Crippen LogP contribution in [-0.2, 0) is 38.2 Å². The molecule has 0 atom stereocenters. The molecule has 12 heteroatoms. The first-order chi connectivity index (χ1) is 9.13. The summed E-state index contributed by atoms with van der Waals surface area (Å²) in [7, 11) is 0. The first-order valence-corrected chi connectivity index (χ1v) is 5.05. The van der Waals surface area contributed by atoms with Crippen molar-refractivity contribution in [3.8, 4) is 0 Å². The van der Waals surface area contributed by atoms with E-state index in [1.54, 1.807) is 0 Å². The van der Waals surface area contributed by atoms with Crippen LogP contribution in [-0.4, -0.2) is 105 Å². The zero-order chi connectivity index (χ0) is 15.9. The van der Waals surface area contributed by atoms with Crippen LogP contribution in [0.15, 0.2) is 0 Å². The summed E-state index contributed by atoms with van der Waals surface area (Å²) >= 11 is 0. The van der Waals surface area contributed by atoms with Gasteiger partial charge in [0.15, 0.2) is 0 Å². The first kappa shape index (κ1) is 26.1. The molecular formula is C10H12Na2O10. The number of rotatable bonds is 5. The van der Waals surface area contributed by atoms with Gasteiger partial charge in [0, 0.05) is 6.92 Å². The van der Waals surface area contributed by atoms with Gasteiger partial charge in [-0.1, -0.05) is 0 Å². The van der Waals surface area contributed by atoms with Crippen molar-refractivity contribution in [2.75, 3.05) is 0 Å². The van der Waals surface area contributed by atoms with E-state index in [2.05, 4.69) is 9.47 Å². The van der Waals surface area contributed by atoms with Crippen LogP contribution in [0.2, 0.25) is 0 Å². The predicted molar refractivity (Wildman–Crippen MR) is 70.2 cm³/mol. The van der Waals surface area contributed by atoms with E-state index in [9.17, 15) is 28.8 Å². The zero-order valence-corrected chi connectivity index (χ0v) is 10.2. The van der Waals surface area contributed by atoms with Gasteiger partial charge in [-0.3, -0.25) is 19.2 Å². The normalized spacial score (nSPS) is 8.82. The summed E-state index contributed by atoms with van der Waals surface area (Å²) in [5, 5.41) is 17.0. The van der Waals surface area contributed by atoms with Crippen molar-refractivity contribution in [3.63, 3.8) is 0 Å². The molecule has 0 unspecified atom stereocenters. The summed E-state index contributed by atoms with van der Waals surface area (Å²) < 4.78 is 7.76. The molecule has 2 N–H and O–H groups in total. The van der Waals surface area contributed by atoms with E-state index in [-0.39, 0.29) is 59.1 Å². The van der Waals surface area contributed by atoms with E-state index in [1.165, 1.54) is 0 Å². The Labute approximate surface area is 168 Å². The van der Waals surface area contributed by atoms with Gasteiger partial charge in [-0.25, -0.2) is 9.59 Å². The number of carbonyl (C=O) groups is 6. The molecule has 0 aliphatic heterocycles. The van der Waals surface area contributed by atoms with Crippen LogP contribution >= 0.6 is 0 Å². The fourth-order valence-corrected chi connectivity index (χ4v) is 1.05. The Balaban J connectivity index is -0.00000180. The van der Waals surface area contributed by atoms with Crippen molar-refractivity contribution in [1.82, 2.24) is 0 Å². The molecule has 0 saturated carbocycles. The first-order valence-electron chi connectivity index (χ1n) is 5.05. The van der Waals surface area contributed by atoms with Crippen LogP contribution in [0.4, 0.5) is 0 Å². The molecule has 0 radical (unpaired) electrons. The average molecular weight is 338 g/mol. The number of ether oxygens (including phenoxy) is 2. The van der Waals surface area contributed by atoms with Crippen molar-refractivity contribution in [2.24, 2.45) is 5.92 Å². The summed E-state index contributed by atoms with van der Waals surface area (Å²) in [5.74, 6) is -10.9. The summed E-state index contributed by atoms with van der Waals surface area (Å²) in [6.45, 7) is 0.824. The fraction of sp³-hybridized carbons (Fsp3) is 0.400. The van der Waals surface area contributed by atoms with Crippen LogP contribution in [0.5, 0.6) is 0 Å². The maximum atomic E-state index is 11.4. The van der Waals surface area contributed by atoms with Gasteiger partial charge < -0.3 is 19.7 Å². The molecule has 0 spiro atoms. The molecule has 0 bridgehead atoms. The van der Waals surface area contributed by atoms with Gasteiger partial charge >= 0.3 is 94.9 Å². The predicted octanol–water partition coefficient (Wildman–Crippen LogP) is -2.59. The van der Waals surface area contributed by atoms with Gasteiger partial charge in [0.2, 0.25) is 0 Å². The van der Waals surface area contributed by atoms with Crippen LogP contribution in [0.3, 0.4) is 0 Å². The third-order valence-corrected chi connectivity index (χ3v) is 1.77. The minimum atomic E-state index is -1.84. The van der Waals surface area contributed by atoms with Gasteiger partial charge in [-0.2, -0.15) is 0 Å². The van der Waals surface area contributed by atoms with Crippen molar-refractivity contribution in [3.05, 3.63) is 0 Å². The number of aliphatic carboxylic acids is 2. The Morgan fingerprint density at radius 3 is 1.50 bits per heavy atom. The molecule has 114 valence electrons. The number of esters is 4. The molecular weight excluding hydrogens is 326 g/mol. The Kier molecular flexibility index (Phi) is 15.1. The maximum absolute atomic E-state index is 11.4. The molecule has 0 fully saturated rings. The zero-order valence-electron chi connectivity index (χ0n) is 10.2. The molecule has 0 rings (SSSR count). The number of carbonyl (C=O) groups excluding carboxylic acids is 4.